The number of phenols is 2. The van der Waals surface area contributed by atoms with Crippen molar-refractivity contribution < 1.29 is 29.3 Å². The van der Waals surface area contributed by atoms with Crippen LogP contribution in [0.1, 0.15) is 184 Å². The molecule has 8 heteroatoms. The van der Waals surface area contributed by atoms with Crippen molar-refractivity contribution in [2.45, 2.75) is 143 Å². The summed E-state index contributed by atoms with van der Waals surface area (Å²) < 4.78 is 13.0. The third kappa shape index (κ3) is 14.8. The molecule has 8 nitrogen and oxygen atoms in total. The third-order valence-electron chi connectivity index (χ3n) is 11.7. The zero-order chi connectivity index (χ0) is 42.4. The number of aromatic hydroxyl groups is 2. The van der Waals surface area contributed by atoms with E-state index in [0.717, 1.165) is 77.5 Å². The Labute approximate surface area is 360 Å². The van der Waals surface area contributed by atoms with Crippen LogP contribution in [0.25, 0.3) is 0 Å². The van der Waals surface area contributed by atoms with Gasteiger partial charge in [-0.05, 0) is 89.0 Å². The molecule has 0 radical (unpaired) electrons. The summed E-state index contributed by atoms with van der Waals surface area (Å²) >= 11 is 0. The monoisotopic (exact) mass is 817 g/mol. The summed E-state index contributed by atoms with van der Waals surface area (Å²) in [6.45, 7) is 10.5. The van der Waals surface area contributed by atoms with Gasteiger partial charge in [0, 0.05) is 47.5 Å². The maximum Gasteiger partial charge on any atom is 0.153 e. The highest BCUT2D eigenvalue weighted by Gasteiger charge is 2.18. The van der Waals surface area contributed by atoms with Gasteiger partial charge in [-0.3, -0.25) is 19.4 Å². The molecule has 2 heterocycles. The summed E-state index contributed by atoms with van der Waals surface area (Å²) in [5.41, 5.74) is 4.44. The Morgan fingerprint density at radius 1 is 0.517 bits per heavy atom. The number of unbranched alkanes of at least 4 members (excludes halogenated alkanes) is 10. The molecule has 0 bridgehead atoms. The van der Waals surface area contributed by atoms with Gasteiger partial charge in [0.05, 0.1) is 35.5 Å². The van der Waals surface area contributed by atoms with Crippen LogP contribution in [0.3, 0.4) is 0 Å². The first-order valence-corrected chi connectivity index (χ1v) is 23.0. The molecule has 5 rings (SSSR count). The Bertz CT molecular complexity index is 1810. The molecule has 60 heavy (non-hydrogen) atoms. The minimum atomic E-state index is 0.0184. The van der Waals surface area contributed by atoms with Gasteiger partial charge >= 0.3 is 0 Å². The van der Waals surface area contributed by atoms with E-state index >= 15 is 0 Å². The number of phenolic OH excluding ortho intramolecular Hbond substituents is 2. The molecule has 0 aromatic heterocycles. The number of carbonyl (C=O) groups is 2. The van der Waals surface area contributed by atoms with Crippen molar-refractivity contribution in [3.05, 3.63) is 80.9 Å². The van der Waals surface area contributed by atoms with Gasteiger partial charge in [0.15, 0.2) is 12.6 Å². The molecule has 2 aliphatic heterocycles. The molecule has 0 atom stereocenters. The topological polar surface area (TPSA) is 99.5 Å². The zero-order valence-electron chi connectivity index (χ0n) is 36.4. The number of hydrogen-bond acceptors (Lipinski definition) is 8. The number of rotatable bonds is 22. The highest BCUT2D eigenvalue weighted by molar-refractivity contribution is 5.82. The molecule has 0 amide bonds. The number of hydrogen-bond donors (Lipinski definition) is 2. The first-order valence-electron chi connectivity index (χ1n) is 23.0. The highest BCUT2D eigenvalue weighted by Crippen LogP contribution is 2.31. The largest absolute Gasteiger partial charge is 0.507 e. The van der Waals surface area contributed by atoms with E-state index in [1.807, 2.05) is 24.3 Å². The van der Waals surface area contributed by atoms with E-state index in [2.05, 4.69) is 47.3 Å². The van der Waals surface area contributed by atoms with Gasteiger partial charge in [0.1, 0.15) is 23.0 Å². The van der Waals surface area contributed by atoms with Crippen LogP contribution in [0.5, 0.6) is 23.0 Å². The lowest BCUT2D eigenvalue weighted by atomic mass is 10.0. The van der Waals surface area contributed by atoms with Crippen LogP contribution < -0.4 is 9.47 Å². The Morgan fingerprint density at radius 3 is 1.28 bits per heavy atom. The fourth-order valence-electron chi connectivity index (χ4n) is 8.12. The first-order chi connectivity index (χ1) is 29.4. The second-order valence-corrected chi connectivity index (χ2v) is 16.6. The highest BCUT2D eigenvalue weighted by atomic mass is 16.5. The van der Waals surface area contributed by atoms with E-state index in [9.17, 15) is 19.8 Å². The first kappa shape index (κ1) is 46.3. The summed E-state index contributed by atoms with van der Waals surface area (Å²) in [5.74, 6) is 14.5. The molecule has 2 saturated heterocycles. The lowest BCUT2D eigenvalue weighted by Crippen LogP contribution is -2.29. The van der Waals surface area contributed by atoms with Crippen molar-refractivity contribution >= 4 is 12.6 Å². The summed E-state index contributed by atoms with van der Waals surface area (Å²) in [4.78, 5) is 28.8. The van der Waals surface area contributed by atoms with Crippen molar-refractivity contribution in [3.8, 4) is 46.7 Å². The van der Waals surface area contributed by atoms with Crippen molar-refractivity contribution in [3.63, 3.8) is 0 Å². The van der Waals surface area contributed by atoms with E-state index in [1.54, 1.807) is 12.1 Å². The smallest absolute Gasteiger partial charge is 0.153 e. The van der Waals surface area contributed by atoms with E-state index in [0.29, 0.717) is 83.8 Å². The Kier molecular flexibility index (Phi) is 19.9. The van der Waals surface area contributed by atoms with Crippen molar-refractivity contribution in [1.29, 1.82) is 0 Å². The van der Waals surface area contributed by atoms with Crippen LogP contribution in [0.15, 0.2) is 36.4 Å². The molecule has 0 unspecified atom stereocenters. The molecule has 0 aliphatic carbocycles. The van der Waals surface area contributed by atoms with Gasteiger partial charge in [-0.25, -0.2) is 0 Å². The van der Waals surface area contributed by atoms with Gasteiger partial charge in [0.2, 0.25) is 0 Å². The predicted octanol–water partition coefficient (Wildman–Crippen LogP) is 11.0. The molecule has 322 valence electrons. The van der Waals surface area contributed by atoms with E-state index in [1.165, 1.54) is 64.2 Å². The molecule has 2 aliphatic rings. The fourth-order valence-corrected chi connectivity index (χ4v) is 8.12. The molecular weight excluding hydrogens is 749 g/mol. The minimum Gasteiger partial charge on any atom is -0.507 e. The van der Waals surface area contributed by atoms with E-state index in [4.69, 9.17) is 9.47 Å². The Morgan fingerprint density at radius 2 is 0.900 bits per heavy atom. The molecular formula is C52H68N2O6. The van der Waals surface area contributed by atoms with Crippen LogP contribution in [0.2, 0.25) is 0 Å². The maximum atomic E-state index is 12.1. The predicted molar refractivity (Wildman–Crippen MR) is 241 cm³/mol. The molecule has 0 saturated carbocycles. The van der Waals surface area contributed by atoms with E-state index < -0.39 is 0 Å². The number of benzene rings is 3. The fraction of sp³-hybridized carbons (Fsp3) is 0.538. The standard InChI is InChI=1S/C52H68N2O6/c1-3-5-7-9-11-19-29-59-49-35-44(24-22-42-32-46(52(58)48(34-42)40-56)38-54-27-17-14-18-28-54)50(60-30-20-12-10-8-6-4-2)36-43(49)23-21-41-31-45(51(57)47(33-41)39-55)37-53-25-15-13-16-26-53/h31-36,39-40,57-58H,3-20,25-30,37-38H2,1-2H3. The van der Waals surface area contributed by atoms with Crippen molar-refractivity contribution in [2.75, 3.05) is 39.4 Å². The molecule has 3 aromatic rings. The quantitative estimate of drug-likeness (QED) is 0.0588. The molecule has 2 fully saturated rings. The van der Waals surface area contributed by atoms with Gasteiger partial charge in [-0.15, -0.1) is 0 Å². The van der Waals surface area contributed by atoms with Gasteiger partial charge in [-0.1, -0.05) is 115 Å². The van der Waals surface area contributed by atoms with Gasteiger partial charge in [-0.2, -0.15) is 0 Å². The lowest BCUT2D eigenvalue weighted by Gasteiger charge is -2.26. The average molecular weight is 817 g/mol. The van der Waals surface area contributed by atoms with Gasteiger partial charge in [0.25, 0.3) is 0 Å². The van der Waals surface area contributed by atoms with Crippen molar-refractivity contribution in [1.82, 2.24) is 9.80 Å². The zero-order valence-corrected chi connectivity index (χ0v) is 36.4. The van der Waals surface area contributed by atoms with Crippen LogP contribution in [0.4, 0.5) is 0 Å². The number of nitrogens with zero attached hydrogens (tertiary/aromatic N) is 2. The maximum absolute atomic E-state index is 12.1. The summed E-state index contributed by atoms with van der Waals surface area (Å²) in [5, 5.41) is 21.9. The van der Waals surface area contributed by atoms with E-state index in [-0.39, 0.29) is 22.6 Å². The number of carbonyl (C=O) groups excluding carboxylic acids is 2. The number of piperidine rings is 2. The lowest BCUT2D eigenvalue weighted by molar-refractivity contribution is 0.111. The van der Waals surface area contributed by atoms with Crippen LogP contribution in [-0.2, 0) is 13.1 Å². The normalized spacial score (nSPS) is 14.4. The SMILES string of the molecule is CCCCCCCCOc1cc(C#Cc2cc(C=O)c(O)c(CN3CCCCC3)c2)c(OCCCCCCCC)cc1C#Cc1cc(C=O)c(O)c(CN2CCCCC2)c1. The average Bonchev–Trinajstić information content (AvgIpc) is 3.27. The molecule has 2 N–H and O–H groups in total. The number of ether oxygens (including phenoxy) is 2. The van der Waals surface area contributed by atoms with Crippen LogP contribution in [0, 0.1) is 23.7 Å². The molecule has 0 spiro atoms. The Balaban J connectivity index is 1.51. The molecule has 3 aromatic carbocycles. The van der Waals surface area contributed by atoms with Crippen molar-refractivity contribution in [2.24, 2.45) is 0 Å². The van der Waals surface area contributed by atoms with Gasteiger partial charge < -0.3 is 19.7 Å². The number of aldehydes is 2. The third-order valence-corrected chi connectivity index (χ3v) is 11.7. The minimum absolute atomic E-state index is 0.0184. The summed E-state index contributed by atoms with van der Waals surface area (Å²) in [6, 6.07) is 10.9. The summed E-state index contributed by atoms with van der Waals surface area (Å²) in [7, 11) is 0. The summed E-state index contributed by atoms with van der Waals surface area (Å²) in [6.07, 6.45) is 21.9. The second kappa shape index (κ2) is 25.8. The number of likely N-dealkylation sites (tertiary alicyclic amines) is 2. The Hall–Kier alpha value is -4.76. The van der Waals surface area contributed by atoms with Crippen LogP contribution in [-0.4, -0.2) is 72.0 Å². The second-order valence-electron chi connectivity index (χ2n) is 16.6. The van der Waals surface area contributed by atoms with Crippen LogP contribution >= 0.6 is 0 Å².